The van der Waals surface area contributed by atoms with E-state index >= 15 is 0 Å². The maximum absolute atomic E-state index is 12.8. The van der Waals surface area contributed by atoms with Crippen molar-refractivity contribution in [2.75, 3.05) is 17.4 Å². The summed E-state index contributed by atoms with van der Waals surface area (Å²) in [4.78, 5) is 2.08. The first-order valence-electron chi connectivity index (χ1n) is 8.32. The molecule has 0 spiro atoms. The fraction of sp³-hybridized carbons (Fsp3) is 0.250. The Kier molecular flexibility index (Phi) is 4.95. The van der Waals surface area contributed by atoms with Gasteiger partial charge >= 0.3 is 6.18 Å². The van der Waals surface area contributed by atoms with E-state index in [0.717, 1.165) is 23.5 Å². The predicted molar refractivity (Wildman–Crippen MR) is 105 cm³/mol. The zero-order valence-corrected chi connectivity index (χ0v) is 15.9. The number of anilines is 2. The highest BCUT2D eigenvalue weighted by Crippen LogP contribution is 2.46. The van der Waals surface area contributed by atoms with E-state index in [1.165, 1.54) is 17.8 Å². The molecule has 3 rings (SSSR count). The Hall–Kier alpha value is -2.47. The number of hydrogen-bond acceptors (Lipinski definition) is 3. The third-order valence-electron chi connectivity index (χ3n) is 4.73. The van der Waals surface area contributed by atoms with Crippen LogP contribution < -0.4 is 10.3 Å². The number of benzene rings is 2. The monoisotopic (exact) mass is 393 g/mol. The van der Waals surface area contributed by atoms with Crippen LogP contribution in [0.5, 0.6) is 0 Å². The minimum Gasteiger partial charge on any atom is -0.347 e. The van der Waals surface area contributed by atoms with Gasteiger partial charge in [-0.2, -0.15) is 18.3 Å². The summed E-state index contributed by atoms with van der Waals surface area (Å²) in [6.07, 6.45) is -1.07. The second-order valence-electron chi connectivity index (χ2n) is 6.84. The van der Waals surface area contributed by atoms with E-state index in [1.54, 1.807) is 0 Å². The first-order chi connectivity index (χ1) is 12.6. The zero-order valence-electron chi connectivity index (χ0n) is 15.1. The van der Waals surface area contributed by atoms with Crippen LogP contribution in [0.1, 0.15) is 25.0 Å². The Morgan fingerprint density at radius 2 is 1.85 bits per heavy atom. The third kappa shape index (κ3) is 3.67. The number of likely N-dealkylation sites (N-methyl/N-ethyl adjacent to an activating group) is 1. The summed E-state index contributed by atoms with van der Waals surface area (Å²) < 4.78 is 38.5. The van der Waals surface area contributed by atoms with Gasteiger partial charge in [-0.15, -0.1) is 0 Å². The molecule has 2 aromatic carbocycles. The molecule has 0 fully saturated rings. The van der Waals surface area contributed by atoms with Crippen molar-refractivity contribution in [3.8, 4) is 0 Å². The van der Waals surface area contributed by atoms with Crippen molar-refractivity contribution in [2.24, 2.45) is 5.10 Å². The van der Waals surface area contributed by atoms with Crippen molar-refractivity contribution < 1.29 is 13.2 Å². The number of rotatable bonds is 3. The summed E-state index contributed by atoms with van der Waals surface area (Å²) in [6.45, 7) is 4.23. The first kappa shape index (κ1) is 19.3. The minimum absolute atomic E-state index is 0.100. The second-order valence-corrected chi connectivity index (χ2v) is 7.24. The van der Waals surface area contributed by atoms with E-state index in [4.69, 9.17) is 11.6 Å². The molecule has 1 heterocycles. The first-order valence-corrected chi connectivity index (χ1v) is 8.70. The largest absolute Gasteiger partial charge is 0.416 e. The molecule has 0 aromatic heterocycles. The topological polar surface area (TPSA) is 27.6 Å². The molecule has 0 bridgehead atoms. The molecule has 0 unspecified atom stereocenters. The highest BCUT2D eigenvalue weighted by Gasteiger charge is 2.37. The number of alkyl halides is 3. The van der Waals surface area contributed by atoms with Crippen molar-refractivity contribution in [3.05, 3.63) is 70.4 Å². The van der Waals surface area contributed by atoms with Crippen LogP contribution in [0.3, 0.4) is 0 Å². The Morgan fingerprint density at radius 1 is 1.15 bits per heavy atom. The zero-order chi connectivity index (χ0) is 19.8. The highest BCUT2D eigenvalue weighted by molar-refractivity contribution is 6.33. The lowest BCUT2D eigenvalue weighted by Crippen LogP contribution is -2.23. The van der Waals surface area contributed by atoms with E-state index in [0.29, 0.717) is 0 Å². The van der Waals surface area contributed by atoms with Crippen LogP contribution in [0.15, 0.2) is 59.3 Å². The van der Waals surface area contributed by atoms with Gasteiger partial charge in [0.25, 0.3) is 0 Å². The van der Waals surface area contributed by atoms with Crippen LogP contribution in [-0.4, -0.2) is 13.3 Å². The molecule has 0 atom stereocenters. The van der Waals surface area contributed by atoms with Crippen LogP contribution in [0.25, 0.3) is 0 Å². The number of para-hydroxylation sites is 1. The smallest absolute Gasteiger partial charge is 0.347 e. The molecule has 27 heavy (non-hydrogen) atoms. The fourth-order valence-corrected chi connectivity index (χ4v) is 3.46. The number of fused-ring (bicyclic) bond motifs is 1. The third-order valence-corrected chi connectivity index (χ3v) is 5.06. The van der Waals surface area contributed by atoms with Crippen LogP contribution in [-0.2, 0) is 11.6 Å². The summed E-state index contributed by atoms with van der Waals surface area (Å²) in [6, 6.07) is 11.2. The summed E-state index contributed by atoms with van der Waals surface area (Å²) >= 11 is 5.95. The van der Waals surface area contributed by atoms with E-state index in [9.17, 15) is 13.2 Å². The van der Waals surface area contributed by atoms with Crippen LogP contribution in [0.4, 0.5) is 24.5 Å². The Bertz CT molecular complexity index is 917. The quantitative estimate of drug-likeness (QED) is 0.506. The predicted octanol–water partition coefficient (Wildman–Crippen LogP) is 6.07. The average molecular weight is 394 g/mol. The molecule has 1 aliphatic heterocycles. The van der Waals surface area contributed by atoms with E-state index < -0.39 is 11.7 Å². The molecule has 0 saturated carbocycles. The highest BCUT2D eigenvalue weighted by atomic mass is 35.5. The maximum Gasteiger partial charge on any atom is 0.416 e. The van der Waals surface area contributed by atoms with Gasteiger partial charge in [0.1, 0.15) is 0 Å². The van der Waals surface area contributed by atoms with Crippen molar-refractivity contribution in [1.29, 1.82) is 0 Å². The van der Waals surface area contributed by atoms with Crippen molar-refractivity contribution in [3.63, 3.8) is 0 Å². The van der Waals surface area contributed by atoms with E-state index in [2.05, 4.69) is 41.4 Å². The number of nitrogens with one attached hydrogen (secondary N) is 1. The summed E-state index contributed by atoms with van der Waals surface area (Å²) in [5.41, 5.74) is 5.06. The lowest BCUT2D eigenvalue weighted by molar-refractivity contribution is -0.137. The van der Waals surface area contributed by atoms with Gasteiger partial charge in [-0.1, -0.05) is 43.6 Å². The molecule has 3 nitrogen and oxygen atoms in total. The normalized spacial score (nSPS) is 17.6. The fourth-order valence-electron chi connectivity index (χ4n) is 3.30. The molecule has 0 saturated heterocycles. The molecule has 1 N–H and O–H groups in total. The second kappa shape index (κ2) is 6.93. The molecule has 1 aliphatic rings. The van der Waals surface area contributed by atoms with Gasteiger partial charge in [0, 0.05) is 30.1 Å². The van der Waals surface area contributed by atoms with E-state index in [-0.39, 0.29) is 16.1 Å². The minimum atomic E-state index is -4.44. The van der Waals surface area contributed by atoms with Crippen LogP contribution in [0, 0.1) is 0 Å². The summed E-state index contributed by atoms with van der Waals surface area (Å²) in [5, 5.41) is 4.19. The molecule has 0 aliphatic carbocycles. The van der Waals surface area contributed by atoms with Crippen molar-refractivity contribution in [1.82, 2.24) is 0 Å². The Balaban J connectivity index is 1.81. The van der Waals surface area contributed by atoms with Crippen molar-refractivity contribution >= 4 is 29.2 Å². The number of halogens is 4. The van der Waals surface area contributed by atoms with E-state index in [1.807, 2.05) is 25.3 Å². The summed E-state index contributed by atoms with van der Waals surface area (Å²) in [7, 11) is 1.98. The lowest BCUT2D eigenvalue weighted by atomic mass is 9.84. The van der Waals surface area contributed by atoms with Gasteiger partial charge in [-0.05, 0) is 35.9 Å². The molecule has 7 heteroatoms. The lowest BCUT2D eigenvalue weighted by Gasteiger charge is -2.23. The number of nitrogens with zero attached hydrogens (tertiary/aromatic N) is 2. The maximum atomic E-state index is 12.8. The molecular formula is C20H19ClF3N3. The van der Waals surface area contributed by atoms with Gasteiger partial charge in [-0.3, -0.25) is 5.43 Å². The van der Waals surface area contributed by atoms with Gasteiger partial charge in [0.2, 0.25) is 0 Å². The van der Waals surface area contributed by atoms with Gasteiger partial charge in [0.05, 0.1) is 16.3 Å². The average Bonchev–Trinajstić information content (AvgIpc) is 2.79. The molecular weight excluding hydrogens is 375 g/mol. The molecule has 0 amide bonds. The molecule has 142 valence electrons. The van der Waals surface area contributed by atoms with Crippen molar-refractivity contribution in [2.45, 2.75) is 25.4 Å². The molecule has 0 radical (unpaired) electrons. The standard InChI is InChI=1S/C20H19ClF3N3/c1-19(2)14-6-4-5-7-17(14)27(3)18(19)10-11-25-26-16-12-13(20(22,23)24)8-9-15(16)21/h4-12,26H,1-3H3. The molecule has 2 aromatic rings. The Labute approximate surface area is 161 Å². The summed E-state index contributed by atoms with van der Waals surface area (Å²) in [5.74, 6) is 0. The van der Waals surface area contributed by atoms with Crippen LogP contribution >= 0.6 is 11.6 Å². The van der Waals surface area contributed by atoms with Gasteiger partial charge in [-0.25, -0.2) is 0 Å². The number of hydrazone groups is 1. The number of hydrogen-bond donors (Lipinski definition) is 1. The SMILES string of the molecule is CN1C(=CC=NNc2cc(C(F)(F)F)ccc2Cl)C(C)(C)c2ccccc21. The van der Waals surface area contributed by atoms with Gasteiger partial charge in [0.15, 0.2) is 0 Å². The Morgan fingerprint density at radius 3 is 2.52 bits per heavy atom. The van der Waals surface area contributed by atoms with Crippen LogP contribution in [0.2, 0.25) is 5.02 Å². The number of allylic oxidation sites excluding steroid dienone is 2. The van der Waals surface area contributed by atoms with Gasteiger partial charge < -0.3 is 4.90 Å².